The Bertz CT molecular complexity index is 565. The van der Waals surface area contributed by atoms with Crippen LogP contribution in [0.3, 0.4) is 0 Å². The SMILES string of the molecule is CCNC(c1ccc(C)c(C)c1)C(OC)c1ccccc1. The van der Waals surface area contributed by atoms with E-state index in [0.717, 1.165) is 6.54 Å². The molecule has 1 N–H and O–H groups in total. The molecule has 0 aromatic heterocycles. The van der Waals surface area contributed by atoms with Crippen molar-refractivity contribution >= 4 is 0 Å². The van der Waals surface area contributed by atoms with Crippen molar-refractivity contribution in [1.29, 1.82) is 0 Å². The Morgan fingerprint density at radius 2 is 1.67 bits per heavy atom. The third kappa shape index (κ3) is 3.72. The number of methoxy groups -OCH3 is 1. The lowest BCUT2D eigenvalue weighted by Crippen LogP contribution is -2.28. The van der Waals surface area contributed by atoms with Crippen LogP contribution in [0.2, 0.25) is 0 Å². The monoisotopic (exact) mass is 283 g/mol. The first-order valence-corrected chi connectivity index (χ1v) is 7.55. The molecule has 0 aliphatic rings. The average Bonchev–Trinajstić information content (AvgIpc) is 2.51. The van der Waals surface area contributed by atoms with Crippen LogP contribution in [-0.2, 0) is 4.74 Å². The number of benzene rings is 2. The van der Waals surface area contributed by atoms with Gasteiger partial charge in [0.1, 0.15) is 6.10 Å². The molecule has 2 atom stereocenters. The molecule has 0 spiro atoms. The van der Waals surface area contributed by atoms with E-state index < -0.39 is 0 Å². The Hall–Kier alpha value is -1.64. The van der Waals surface area contributed by atoms with E-state index in [4.69, 9.17) is 4.74 Å². The molecule has 0 heterocycles. The van der Waals surface area contributed by atoms with Crippen LogP contribution in [0.25, 0.3) is 0 Å². The highest BCUT2D eigenvalue weighted by Gasteiger charge is 2.24. The van der Waals surface area contributed by atoms with E-state index in [2.05, 4.69) is 68.6 Å². The fourth-order valence-electron chi connectivity index (χ4n) is 2.68. The minimum Gasteiger partial charge on any atom is -0.375 e. The van der Waals surface area contributed by atoms with Gasteiger partial charge >= 0.3 is 0 Å². The van der Waals surface area contributed by atoms with Crippen molar-refractivity contribution < 1.29 is 4.74 Å². The van der Waals surface area contributed by atoms with E-state index >= 15 is 0 Å². The highest BCUT2D eigenvalue weighted by atomic mass is 16.5. The molecule has 0 fully saturated rings. The van der Waals surface area contributed by atoms with Crippen LogP contribution in [0.15, 0.2) is 48.5 Å². The van der Waals surface area contributed by atoms with Gasteiger partial charge in [-0.2, -0.15) is 0 Å². The molecule has 2 aromatic rings. The van der Waals surface area contributed by atoms with E-state index in [1.807, 2.05) is 6.07 Å². The summed E-state index contributed by atoms with van der Waals surface area (Å²) in [4.78, 5) is 0. The van der Waals surface area contributed by atoms with Gasteiger partial charge in [0.25, 0.3) is 0 Å². The van der Waals surface area contributed by atoms with E-state index in [9.17, 15) is 0 Å². The predicted octanol–water partition coefficient (Wildman–Crippen LogP) is 4.34. The zero-order valence-corrected chi connectivity index (χ0v) is 13.4. The second kappa shape index (κ2) is 7.39. The van der Waals surface area contributed by atoms with E-state index in [1.165, 1.54) is 22.3 Å². The van der Waals surface area contributed by atoms with E-state index in [-0.39, 0.29) is 12.1 Å². The van der Waals surface area contributed by atoms with Gasteiger partial charge in [-0.1, -0.05) is 55.5 Å². The van der Waals surface area contributed by atoms with Gasteiger partial charge in [0.15, 0.2) is 0 Å². The summed E-state index contributed by atoms with van der Waals surface area (Å²) in [6.07, 6.45) is 0.00764. The summed E-state index contributed by atoms with van der Waals surface area (Å²) in [5.41, 5.74) is 5.11. The molecule has 0 saturated heterocycles. The first-order valence-electron chi connectivity index (χ1n) is 7.55. The van der Waals surface area contributed by atoms with E-state index in [0.29, 0.717) is 0 Å². The molecule has 2 heteroatoms. The summed E-state index contributed by atoms with van der Waals surface area (Å²) in [5.74, 6) is 0. The Labute approximate surface area is 128 Å². The van der Waals surface area contributed by atoms with Crippen LogP contribution < -0.4 is 5.32 Å². The van der Waals surface area contributed by atoms with Crippen molar-refractivity contribution in [2.75, 3.05) is 13.7 Å². The number of hydrogen-bond donors (Lipinski definition) is 1. The zero-order valence-electron chi connectivity index (χ0n) is 13.4. The average molecular weight is 283 g/mol. The summed E-state index contributed by atoms with van der Waals surface area (Å²) in [6.45, 7) is 7.34. The van der Waals surface area contributed by atoms with Gasteiger partial charge in [0.2, 0.25) is 0 Å². The van der Waals surface area contributed by atoms with Gasteiger partial charge < -0.3 is 10.1 Å². The normalized spacial score (nSPS) is 13.9. The van der Waals surface area contributed by atoms with Crippen molar-refractivity contribution in [3.8, 4) is 0 Å². The minimum absolute atomic E-state index is 0.00764. The van der Waals surface area contributed by atoms with Crippen LogP contribution in [0.5, 0.6) is 0 Å². The molecule has 21 heavy (non-hydrogen) atoms. The highest BCUT2D eigenvalue weighted by Crippen LogP contribution is 2.32. The Kier molecular flexibility index (Phi) is 5.54. The first kappa shape index (κ1) is 15.7. The molecule has 0 aliphatic heterocycles. The zero-order chi connectivity index (χ0) is 15.2. The van der Waals surface area contributed by atoms with Crippen molar-refractivity contribution in [2.24, 2.45) is 0 Å². The van der Waals surface area contributed by atoms with Gasteiger partial charge in [-0.05, 0) is 42.6 Å². The molecular formula is C19H25NO. The second-order valence-corrected chi connectivity index (χ2v) is 5.45. The molecule has 2 rings (SSSR count). The summed E-state index contributed by atoms with van der Waals surface area (Å²) >= 11 is 0. The fourth-order valence-corrected chi connectivity index (χ4v) is 2.68. The van der Waals surface area contributed by atoms with Crippen molar-refractivity contribution in [3.05, 3.63) is 70.8 Å². The molecule has 2 unspecified atom stereocenters. The van der Waals surface area contributed by atoms with Crippen molar-refractivity contribution in [2.45, 2.75) is 32.9 Å². The van der Waals surface area contributed by atoms with Crippen LogP contribution in [-0.4, -0.2) is 13.7 Å². The smallest absolute Gasteiger partial charge is 0.102 e. The quantitative estimate of drug-likeness (QED) is 0.851. The molecular weight excluding hydrogens is 258 g/mol. The fraction of sp³-hybridized carbons (Fsp3) is 0.368. The van der Waals surface area contributed by atoms with Crippen LogP contribution in [0.4, 0.5) is 0 Å². The lowest BCUT2D eigenvalue weighted by molar-refractivity contribution is 0.0681. The van der Waals surface area contributed by atoms with Gasteiger partial charge in [0, 0.05) is 7.11 Å². The van der Waals surface area contributed by atoms with Gasteiger partial charge in [-0.25, -0.2) is 0 Å². The summed E-state index contributed by atoms with van der Waals surface area (Å²) in [5, 5.41) is 3.57. The number of rotatable bonds is 6. The van der Waals surface area contributed by atoms with Gasteiger partial charge in [-0.15, -0.1) is 0 Å². The van der Waals surface area contributed by atoms with E-state index in [1.54, 1.807) is 7.11 Å². The topological polar surface area (TPSA) is 21.3 Å². The number of hydrogen-bond acceptors (Lipinski definition) is 2. The largest absolute Gasteiger partial charge is 0.375 e. The highest BCUT2D eigenvalue weighted by molar-refractivity contribution is 5.34. The molecule has 0 saturated carbocycles. The van der Waals surface area contributed by atoms with Crippen LogP contribution >= 0.6 is 0 Å². The van der Waals surface area contributed by atoms with Crippen molar-refractivity contribution in [1.82, 2.24) is 5.32 Å². The third-order valence-electron chi connectivity index (χ3n) is 4.00. The molecule has 0 radical (unpaired) electrons. The maximum Gasteiger partial charge on any atom is 0.102 e. The summed E-state index contributed by atoms with van der Waals surface area (Å²) in [6, 6.07) is 17.2. The lowest BCUT2D eigenvalue weighted by atomic mass is 9.93. The Morgan fingerprint density at radius 3 is 2.24 bits per heavy atom. The third-order valence-corrected chi connectivity index (χ3v) is 4.00. The molecule has 0 aliphatic carbocycles. The molecule has 2 aromatic carbocycles. The van der Waals surface area contributed by atoms with Crippen molar-refractivity contribution in [3.63, 3.8) is 0 Å². The Balaban J connectivity index is 2.38. The van der Waals surface area contributed by atoms with Gasteiger partial charge in [0.05, 0.1) is 6.04 Å². The van der Waals surface area contributed by atoms with Gasteiger partial charge in [-0.3, -0.25) is 0 Å². The summed E-state index contributed by atoms with van der Waals surface area (Å²) in [7, 11) is 1.78. The number of likely N-dealkylation sites (N-methyl/N-ethyl adjacent to an activating group) is 1. The number of ether oxygens (including phenoxy) is 1. The molecule has 112 valence electrons. The second-order valence-electron chi connectivity index (χ2n) is 5.45. The Morgan fingerprint density at radius 1 is 0.952 bits per heavy atom. The number of nitrogens with one attached hydrogen (secondary N) is 1. The lowest BCUT2D eigenvalue weighted by Gasteiger charge is -2.28. The standard InChI is InChI=1S/C19H25NO/c1-5-20-18(17-12-11-14(2)15(3)13-17)19(21-4)16-9-7-6-8-10-16/h6-13,18-20H,5H2,1-4H3. The minimum atomic E-state index is 0.00764. The number of aryl methyl sites for hydroxylation is 2. The summed E-state index contributed by atoms with van der Waals surface area (Å²) < 4.78 is 5.81. The molecule has 2 nitrogen and oxygen atoms in total. The molecule has 0 bridgehead atoms. The predicted molar refractivity (Wildman–Crippen MR) is 88.5 cm³/mol. The molecule has 0 amide bonds. The first-order chi connectivity index (χ1) is 10.2. The maximum absolute atomic E-state index is 5.81. The van der Waals surface area contributed by atoms with Crippen LogP contribution in [0, 0.1) is 13.8 Å². The maximum atomic E-state index is 5.81. The van der Waals surface area contributed by atoms with Crippen LogP contribution in [0.1, 0.15) is 41.3 Å².